The molecule has 0 amide bonds. The van der Waals surface area contributed by atoms with Crippen molar-refractivity contribution in [2.75, 3.05) is 27.3 Å². The van der Waals surface area contributed by atoms with Crippen LogP contribution < -0.4 is 5.32 Å². The fraction of sp³-hybridized carbons (Fsp3) is 0.571. The Kier molecular flexibility index (Phi) is 6.73. The van der Waals surface area contributed by atoms with Crippen LogP contribution in [0.15, 0.2) is 23.1 Å². The summed E-state index contributed by atoms with van der Waals surface area (Å²) in [6.07, 6.45) is 0. The van der Waals surface area contributed by atoms with Gasteiger partial charge in [-0.15, -0.1) is 0 Å². The Morgan fingerprint density at radius 1 is 1.38 bits per heavy atom. The Morgan fingerprint density at radius 2 is 2.05 bits per heavy atom. The number of rotatable bonds is 8. The van der Waals surface area contributed by atoms with Gasteiger partial charge in [0, 0.05) is 33.3 Å². The first-order valence-electron chi connectivity index (χ1n) is 6.76. The monoisotopic (exact) mass is 318 g/mol. The highest BCUT2D eigenvalue weighted by Crippen LogP contribution is 2.21. The molecule has 0 aliphatic rings. The van der Waals surface area contributed by atoms with Crippen LogP contribution in [0.2, 0.25) is 0 Å². The maximum atomic E-state index is 13.5. The van der Waals surface area contributed by atoms with Crippen LogP contribution in [0.3, 0.4) is 0 Å². The van der Waals surface area contributed by atoms with E-state index in [9.17, 15) is 12.8 Å². The molecule has 7 heteroatoms. The molecule has 1 aromatic rings. The number of methoxy groups -OCH3 is 1. The van der Waals surface area contributed by atoms with Crippen LogP contribution in [0, 0.1) is 5.82 Å². The molecule has 0 saturated heterocycles. The molecule has 5 nitrogen and oxygen atoms in total. The molecule has 0 unspecified atom stereocenters. The van der Waals surface area contributed by atoms with Gasteiger partial charge in [0.05, 0.1) is 11.5 Å². The number of benzene rings is 1. The van der Waals surface area contributed by atoms with Crippen molar-refractivity contribution in [3.05, 3.63) is 29.6 Å². The lowest BCUT2D eigenvalue weighted by Crippen LogP contribution is -2.32. The molecule has 0 bridgehead atoms. The number of likely N-dealkylation sites (N-methyl/N-ethyl adjacent to an activating group) is 1. The van der Waals surface area contributed by atoms with Crippen molar-refractivity contribution in [1.82, 2.24) is 9.62 Å². The van der Waals surface area contributed by atoms with Gasteiger partial charge >= 0.3 is 0 Å². The van der Waals surface area contributed by atoms with E-state index in [1.54, 1.807) is 0 Å². The van der Waals surface area contributed by atoms with E-state index in [0.29, 0.717) is 12.1 Å². The average molecular weight is 318 g/mol. The van der Waals surface area contributed by atoms with E-state index >= 15 is 0 Å². The number of nitrogens with one attached hydrogen (secondary N) is 1. The smallest absolute Gasteiger partial charge is 0.243 e. The quantitative estimate of drug-likeness (QED) is 0.791. The van der Waals surface area contributed by atoms with Crippen LogP contribution in [0.1, 0.15) is 19.4 Å². The lowest BCUT2D eigenvalue weighted by molar-refractivity contribution is 0.185. The Bertz CT molecular complexity index is 561. The van der Waals surface area contributed by atoms with Gasteiger partial charge < -0.3 is 10.1 Å². The Hall–Kier alpha value is -1.02. The second-order valence-electron chi connectivity index (χ2n) is 5.11. The first-order chi connectivity index (χ1) is 9.78. The second-order valence-corrected chi connectivity index (χ2v) is 7.12. The third-order valence-electron chi connectivity index (χ3n) is 3.03. The molecule has 0 fully saturated rings. The summed E-state index contributed by atoms with van der Waals surface area (Å²) in [5.41, 5.74) is 0.550. The summed E-state index contributed by atoms with van der Waals surface area (Å²) in [4.78, 5) is -0.00532. The topological polar surface area (TPSA) is 58.6 Å². The van der Waals surface area contributed by atoms with Crippen molar-refractivity contribution in [3.8, 4) is 0 Å². The van der Waals surface area contributed by atoms with Crippen molar-refractivity contribution in [2.24, 2.45) is 0 Å². The normalized spacial score (nSPS) is 12.3. The number of halogens is 1. The highest BCUT2D eigenvalue weighted by atomic mass is 32.2. The highest BCUT2D eigenvalue weighted by molar-refractivity contribution is 7.89. The molecule has 0 spiro atoms. The summed E-state index contributed by atoms with van der Waals surface area (Å²) in [5, 5.41) is 3.15. The molecular formula is C14H23FN2O3S. The Labute approximate surface area is 126 Å². The van der Waals surface area contributed by atoms with Crippen molar-refractivity contribution < 1.29 is 17.5 Å². The number of ether oxygens (including phenoxy) is 1. The van der Waals surface area contributed by atoms with Crippen molar-refractivity contribution in [1.29, 1.82) is 0 Å². The van der Waals surface area contributed by atoms with Gasteiger partial charge in [-0.3, -0.25) is 0 Å². The predicted octanol–water partition coefficient (Wildman–Crippen LogP) is 1.59. The number of sulfonamides is 1. The summed E-state index contributed by atoms with van der Waals surface area (Å²) in [6, 6.07) is 4.04. The summed E-state index contributed by atoms with van der Waals surface area (Å²) in [5.74, 6) is -0.568. The number of hydrogen-bond acceptors (Lipinski definition) is 4. The molecule has 0 radical (unpaired) electrons. The first kappa shape index (κ1) is 18.0. The molecule has 0 aromatic heterocycles. The summed E-state index contributed by atoms with van der Waals surface area (Å²) >= 11 is 0. The molecule has 120 valence electrons. The Morgan fingerprint density at radius 3 is 2.62 bits per heavy atom. The fourth-order valence-corrected chi connectivity index (χ4v) is 3.12. The lowest BCUT2D eigenvalue weighted by Gasteiger charge is -2.19. The minimum absolute atomic E-state index is 0.00532. The predicted molar refractivity (Wildman–Crippen MR) is 80.1 cm³/mol. The SMILES string of the molecule is COCCN(C)S(=O)(=O)c1cc(F)ccc1CNC(C)C. The molecule has 1 rings (SSSR count). The van der Waals surface area contributed by atoms with Gasteiger partial charge in [-0.1, -0.05) is 19.9 Å². The van der Waals surface area contributed by atoms with E-state index < -0.39 is 15.8 Å². The molecule has 0 saturated carbocycles. The zero-order valence-corrected chi connectivity index (χ0v) is 13.7. The van der Waals surface area contributed by atoms with Crippen LogP contribution in [-0.2, 0) is 21.3 Å². The van der Waals surface area contributed by atoms with Crippen LogP contribution in [0.4, 0.5) is 4.39 Å². The fourth-order valence-electron chi connectivity index (χ4n) is 1.74. The van der Waals surface area contributed by atoms with E-state index in [1.807, 2.05) is 13.8 Å². The van der Waals surface area contributed by atoms with Gasteiger partial charge in [0.2, 0.25) is 10.0 Å². The van der Waals surface area contributed by atoms with Crippen LogP contribution in [0.25, 0.3) is 0 Å². The zero-order chi connectivity index (χ0) is 16.0. The second kappa shape index (κ2) is 7.84. The molecule has 0 heterocycles. The maximum Gasteiger partial charge on any atom is 0.243 e. The molecule has 1 N–H and O–H groups in total. The minimum Gasteiger partial charge on any atom is -0.383 e. The molecule has 0 aliphatic heterocycles. The van der Waals surface area contributed by atoms with E-state index in [-0.39, 0.29) is 24.1 Å². The van der Waals surface area contributed by atoms with Gasteiger partial charge in [-0.05, 0) is 17.7 Å². The minimum atomic E-state index is -3.74. The molecular weight excluding hydrogens is 295 g/mol. The van der Waals surface area contributed by atoms with Crippen LogP contribution >= 0.6 is 0 Å². The third-order valence-corrected chi connectivity index (χ3v) is 4.97. The average Bonchev–Trinajstić information content (AvgIpc) is 2.42. The zero-order valence-electron chi connectivity index (χ0n) is 12.9. The molecule has 0 atom stereocenters. The molecule has 21 heavy (non-hydrogen) atoms. The summed E-state index contributed by atoms with van der Waals surface area (Å²) in [6.45, 7) is 4.78. The number of nitrogens with zero attached hydrogens (tertiary/aromatic N) is 1. The van der Waals surface area contributed by atoms with Gasteiger partial charge in [0.1, 0.15) is 5.82 Å². The Balaban J connectivity index is 3.11. The number of hydrogen-bond donors (Lipinski definition) is 1. The first-order valence-corrected chi connectivity index (χ1v) is 8.20. The van der Waals surface area contributed by atoms with Gasteiger partial charge in [-0.2, -0.15) is 4.31 Å². The van der Waals surface area contributed by atoms with Gasteiger partial charge in [0.15, 0.2) is 0 Å². The van der Waals surface area contributed by atoms with Crippen LogP contribution in [0.5, 0.6) is 0 Å². The third kappa shape index (κ3) is 5.03. The van der Waals surface area contributed by atoms with Crippen molar-refractivity contribution >= 4 is 10.0 Å². The van der Waals surface area contributed by atoms with E-state index in [4.69, 9.17) is 4.74 Å². The largest absolute Gasteiger partial charge is 0.383 e. The summed E-state index contributed by atoms with van der Waals surface area (Å²) < 4.78 is 44.6. The van der Waals surface area contributed by atoms with E-state index in [2.05, 4.69) is 5.32 Å². The lowest BCUT2D eigenvalue weighted by atomic mass is 10.2. The van der Waals surface area contributed by atoms with Gasteiger partial charge in [0.25, 0.3) is 0 Å². The van der Waals surface area contributed by atoms with E-state index in [1.165, 1.54) is 30.6 Å². The van der Waals surface area contributed by atoms with Crippen molar-refractivity contribution in [3.63, 3.8) is 0 Å². The maximum absolute atomic E-state index is 13.5. The summed E-state index contributed by atoms with van der Waals surface area (Å²) in [7, 11) is -0.781. The molecule has 1 aromatic carbocycles. The van der Waals surface area contributed by atoms with Gasteiger partial charge in [-0.25, -0.2) is 12.8 Å². The standard InChI is InChI=1S/C14H23FN2O3S/c1-11(2)16-10-12-5-6-13(15)9-14(12)21(18,19)17(3)7-8-20-4/h5-6,9,11,16H,7-8,10H2,1-4H3. The van der Waals surface area contributed by atoms with Crippen molar-refractivity contribution in [2.45, 2.75) is 31.3 Å². The molecule has 0 aliphatic carbocycles. The van der Waals surface area contributed by atoms with Crippen LogP contribution in [-0.4, -0.2) is 46.1 Å². The van der Waals surface area contributed by atoms with E-state index in [0.717, 1.165) is 6.07 Å². The highest BCUT2D eigenvalue weighted by Gasteiger charge is 2.24.